The van der Waals surface area contributed by atoms with Gasteiger partial charge in [-0.25, -0.2) is 0 Å². The van der Waals surface area contributed by atoms with Crippen molar-refractivity contribution in [2.75, 3.05) is 48.5 Å². The maximum atomic E-state index is 13.2. The molecular formula is C24H27ClN2O6. The van der Waals surface area contributed by atoms with Crippen LogP contribution in [0.25, 0.3) is 5.76 Å². The molecule has 1 N–H and O–H groups in total. The Hall–Kier alpha value is -3.23. The summed E-state index contributed by atoms with van der Waals surface area (Å²) < 4.78 is 15.9. The number of likely N-dealkylation sites (N-methyl/N-ethyl adjacent to an activating group) is 1. The normalized spacial score (nSPS) is 17.5. The minimum atomic E-state index is -0.790. The van der Waals surface area contributed by atoms with Gasteiger partial charge in [0.25, 0.3) is 11.7 Å². The second-order valence-corrected chi connectivity index (χ2v) is 8.16. The Morgan fingerprint density at radius 1 is 1.03 bits per heavy atom. The second-order valence-electron chi connectivity index (χ2n) is 7.76. The molecule has 1 aliphatic rings. The van der Waals surface area contributed by atoms with Crippen molar-refractivity contribution < 1.29 is 28.9 Å². The zero-order chi connectivity index (χ0) is 24.3. The van der Waals surface area contributed by atoms with E-state index < -0.39 is 17.7 Å². The van der Waals surface area contributed by atoms with Gasteiger partial charge in [-0.15, -0.1) is 0 Å². The van der Waals surface area contributed by atoms with Crippen molar-refractivity contribution in [3.63, 3.8) is 0 Å². The van der Waals surface area contributed by atoms with Crippen molar-refractivity contribution in [3.05, 3.63) is 58.1 Å². The number of amides is 1. The van der Waals surface area contributed by atoms with Crippen molar-refractivity contribution >= 4 is 29.1 Å². The summed E-state index contributed by atoms with van der Waals surface area (Å²) in [7, 11) is 8.17. The molecule has 2 aromatic rings. The van der Waals surface area contributed by atoms with Gasteiger partial charge in [0.2, 0.25) is 0 Å². The van der Waals surface area contributed by atoms with Crippen LogP contribution in [-0.4, -0.2) is 75.1 Å². The number of hydrogen-bond donors (Lipinski definition) is 1. The second kappa shape index (κ2) is 10.1. The van der Waals surface area contributed by atoms with Crippen LogP contribution >= 0.6 is 11.6 Å². The Kier molecular flexibility index (Phi) is 7.50. The topological polar surface area (TPSA) is 88.5 Å². The van der Waals surface area contributed by atoms with E-state index in [0.717, 1.165) is 0 Å². The van der Waals surface area contributed by atoms with Gasteiger partial charge in [0.05, 0.1) is 43.5 Å². The highest BCUT2D eigenvalue weighted by Crippen LogP contribution is 2.43. The summed E-state index contributed by atoms with van der Waals surface area (Å²) in [5.41, 5.74) is 0.824. The molecule has 0 spiro atoms. The van der Waals surface area contributed by atoms with Crippen molar-refractivity contribution in [3.8, 4) is 17.2 Å². The van der Waals surface area contributed by atoms with Gasteiger partial charge in [-0.1, -0.05) is 23.7 Å². The van der Waals surface area contributed by atoms with Gasteiger partial charge in [0.15, 0.2) is 0 Å². The maximum Gasteiger partial charge on any atom is 0.295 e. The molecule has 1 atom stereocenters. The first-order valence-corrected chi connectivity index (χ1v) is 10.6. The lowest BCUT2D eigenvalue weighted by molar-refractivity contribution is -0.140. The van der Waals surface area contributed by atoms with Gasteiger partial charge in [-0.2, -0.15) is 0 Å². The molecule has 9 heteroatoms. The van der Waals surface area contributed by atoms with Crippen LogP contribution in [0, 0.1) is 0 Å². The van der Waals surface area contributed by atoms with Gasteiger partial charge >= 0.3 is 0 Å². The van der Waals surface area contributed by atoms with E-state index in [1.165, 1.54) is 31.3 Å². The molecule has 1 aliphatic heterocycles. The Balaban J connectivity index is 2.22. The Morgan fingerprint density at radius 3 is 2.21 bits per heavy atom. The molecule has 0 aliphatic carbocycles. The third-order valence-electron chi connectivity index (χ3n) is 5.49. The Bertz CT molecular complexity index is 1080. The highest BCUT2D eigenvalue weighted by atomic mass is 35.5. The summed E-state index contributed by atoms with van der Waals surface area (Å²) in [6, 6.07) is 9.20. The monoisotopic (exact) mass is 474 g/mol. The average Bonchev–Trinajstić information content (AvgIpc) is 3.06. The fourth-order valence-corrected chi connectivity index (χ4v) is 3.97. The number of ether oxygens (including phenoxy) is 3. The Labute approximate surface area is 197 Å². The van der Waals surface area contributed by atoms with E-state index in [4.69, 9.17) is 25.8 Å². The fraction of sp³-hybridized carbons (Fsp3) is 0.333. The largest absolute Gasteiger partial charge is 0.507 e. The van der Waals surface area contributed by atoms with E-state index in [1.807, 2.05) is 19.0 Å². The van der Waals surface area contributed by atoms with E-state index in [0.29, 0.717) is 30.2 Å². The summed E-state index contributed by atoms with van der Waals surface area (Å²) in [6.07, 6.45) is 0. The standard InChI is InChI=1S/C24H27ClN2O6/c1-26(2)10-11-27-21(14-6-8-15(31-3)9-7-14)20(23(29)24(27)30)22(28)16-12-19(33-5)17(25)13-18(16)32-4/h6-9,12-13,21,28H,10-11H2,1-5H3/b22-20+. The zero-order valence-electron chi connectivity index (χ0n) is 19.2. The summed E-state index contributed by atoms with van der Waals surface area (Å²) in [5.74, 6) is -0.656. The van der Waals surface area contributed by atoms with E-state index in [2.05, 4.69) is 0 Å². The molecule has 3 rings (SSSR count). The number of aliphatic hydroxyl groups is 1. The van der Waals surface area contributed by atoms with Crippen LogP contribution in [0.15, 0.2) is 42.0 Å². The van der Waals surface area contributed by atoms with E-state index in [9.17, 15) is 14.7 Å². The number of methoxy groups -OCH3 is 3. The lowest BCUT2D eigenvalue weighted by Crippen LogP contribution is -2.35. The predicted octanol–water partition coefficient (Wildman–Crippen LogP) is 3.35. The number of carbonyl (C=O) groups is 2. The van der Waals surface area contributed by atoms with Crippen LogP contribution in [0.5, 0.6) is 17.2 Å². The molecular weight excluding hydrogens is 448 g/mol. The maximum absolute atomic E-state index is 13.2. The predicted molar refractivity (Wildman–Crippen MR) is 125 cm³/mol. The number of Topliss-reactive ketones (excluding diaryl/α,β-unsaturated/α-hetero) is 1. The lowest BCUT2D eigenvalue weighted by Gasteiger charge is -2.26. The van der Waals surface area contributed by atoms with E-state index in [1.54, 1.807) is 31.4 Å². The molecule has 0 bridgehead atoms. The van der Waals surface area contributed by atoms with Gasteiger partial charge in [-0.05, 0) is 37.9 Å². The van der Waals surface area contributed by atoms with Gasteiger partial charge in [0, 0.05) is 19.2 Å². The van der Waals surface area contributed by atoms with Gasteiger partial charge < -0.3 is 29.1 Å². The first-order valence-electron chi connectivity index (χ1n) is 10.2. The third-order valence-corrected chi connectivity index (χ3v) is 5.78. The number of nitrogens with zero attached hydrogens (tertiary/aromatic N) is 2. The minimum absolute atomic E-state index is 0.0356. The SMILES string of the molecule is COc1ccc(C2/C(=C(\O)c3cc(OC)c(Cl)cc3OC)C(=O)C(=O)N2CCN(C)C)cc1. The van der Waals surface area contributed by atoms with Gasteiger partial charge in [0.1, 0.15) is 23.0 Å². The number of carbonyl (C=O) groups excluding carboxylic acids is 2. The molecule has 1 heterocycles. The van der Waals surface area contributed by atoms with Crippen molar-refractivity contribution in [1.29, 1.82) is 0 Å². The highest BCUT2D eigenvalue weighted by Gasteiger charge is 2.46. The number of rotatable bonds is 8. The molecule has 2 aromatic carbocycles. The van der Waals surface area contributed by atoms with Crippen molar-refractivity contribution in [2.24, 2.45) is 0 Å². The molecule has 1 fully saturated rings. The number of ketones is 1. The molecule has 33 heavy (non-hydrogen) atoms. The first kappa shape index (κ1) is 24.4. The fourth-order valence-electron chi connectivity index (χ4n) is 3.74. The summed E-state index contributed by atoms with van der Waals surface area (Å²) >= 11 is 6.20. The molecule has 1 unspecified atom stereocenters. The number of benzene rings is 2. The number of likely N-dealkylation sites (tertiary alicyclic amines) is 1. The molecule has 8 nitrogen and oxygen atoms in total. The van der Waals surface area contributed by atoms with Crippen molar-refractivity contribution in [2.45, 2.75) is 6.04 Å². The van der Waals surface area contributed by atoms with Crippen LogP contribution in [0.3, 0.4) is 0 Å². The number of aliphatic hydroxyl groups excluding tert-OH is 1. The molecule has 176 valence electrons. The van der Waals surface area contributed by atoms with E-state index in [-0.39, 0.29) is 27.7 Å². The quantitative estimate of drug-likeness (QED) is 0.356. The summed E-state index contributed by atoms with van der Waals surface area (Å²) in [4.78, 5) is 29.6. The molecule has 0 saturated carbocycles. The molecule has 0 radical (unpaired) electrons. The third kappa shape index (κ3) is 4.77. The van der Waals surface area contributed by atoms with E-state index >= 15 is 0 Å². The van der Waals surface area contributed by atoms with Crippen LogP contribution in [0.1, 0.15) is 17.2 Å². The number of hydrogen-bond acceptors (Lipinski definition) is 7. The Morgan fingerprint density at radius 2 is 1.67 bits per heavy atom. The van der Waals surface area contributed by atoms with Crippen LogP contribution in [0.4, 0.5) is 0 Å². The lowest BCUT2D eigenvalue weighted by atomic mass is 9.95. The summed E-state index contributed by atoms with van der Waals surface area (Å²) in [6.45, 7) is 0.837. The first-order chi connectivity index (χ1) is 15.7. The van der Waals surface area contributed by atoms with Crippen LogP contribution in [-0.2, 0) is 9.59 Å². The minimum Gasteiger partial charge on any atom is -0.507 e. The molecule has 1 saturated heterocycles. The van der Waals surface area contributed by atoms with Crippen molar-refractivity contribution in [1.82, 2.24) is 9.80 Å². The number of halogens is 1. The van der Waals surface area contributed by atoms with Crippen LogP contribution in [0.2, 0.25) is 5.02 Å². The average molecular weight is 475 g/mol. The summed E-state index contributed by atoms with van der Waals surface area (Å²) in [5, 5.41) is 11.6. The zero-order valence-corrected chi connectivity index (χ0v) is 20.0. The highest BCUT2D eigenvalue weighted by molar-refractivity contribution is 6.46. The van der Waals surface area contributed by atoms with Crippen LogP contribution < -0.4 is 14.2 Å². The smallest absolute Gasteiger partial charge is 0.295 e. The molecule has 0 aromatic heterocycles. The molecule has 1 amide bonds. The van der Waals surface area contributed by atoms with Gasteiger partial charge in [-0.3, -0.25) is 9.59 Å².